The van der Waals surface area contributed by atoms with E-state index < -0.39 is 0 Å². The molecular formula is C24H27N5O. The Morgan fingerprint density at radius 1 is 1.03 bits per heavy atom. The molecule has 0 aliphatic heterocycles. The van der Waals surface area contributed by atoms with Gasteiger partial charge in [0.05, 0.1) is 25.0 Å². The monoisotopic (exact) mass is 401 g/mol. The normalized spacial score (nSPS) is 11.2. The zero-order valence-corrected chi connectivity index (χ0v) is 17.5. The summed E-state index contributed by atoms with van der Waals surface area (Å²) in [5, 5.41) is 9.26. The van der Waals surface area contributed by atoms with Gasteiger partial charge in [0.15, 0.2) is 0 Å². The van der Waals surface area contributed by atoms with E-state index >= 15 is 0 Å². The first-order valence-corrected chi connectivity index (χ1v) is 10.2. The number of hydrogen-bond donors (Lipinski definition) is 0. The average Bonchev–Trinajstić information content (AvgIpc) is 3.47. The van der Waals surface area contributed by atoms with Crippen LogP contribution in [-0.2, 0) is 13.1 Å². The third-order valence-corrected chi connectivity index (χ3v) is 5.20. The molecule has 6 nitrogen and oxygen atoms in total. The first kappa shape index (κ1) is 19.9. The molecule has 154 valence electrons. The number of aromatic nitrogens is 4. The first-order valence-electron chi connectivity index (χ1n) is 10.2. The van der Waals surface area contributed by atoms with Crippen molar-refractivity contribution in [1.82, 2.24) is 24.5 Å². The zero-order valence-electron chi connectivity index (χ0n) is 17.5. The lowest BCUT2D eigenvalue weighted by atomic mass is 10.1. The lowest BCUT2D eigenvalue weighted by molar-refractivity contribution is 0.264. The lowest BCUT2D eigenvalue weighted by Crippen LogP contribution is -2.27. The fourth-order valence-corrected chi connectivity index (χ4v) is 3.52. The van der Waals surface area contributed by atoms with Crippen LogP contribution in [-0.4, -0.2) is 44.7 Å². The quantitative estimate of drug-likeness (QED) is 0.420. The van der Waals surface area contributed by atoms with Crippen molar-refractivity contribution in [2.45, 2.75) is 20.0 Å². The molecule has 0 bridgehead atoms. The third-order valence-electron chi connectivity index (χ3n) is 5.20. The Morgan fingerprint density at radius 3 is 2.63 bits per heavy atom. The lowest BCUT2D eigenvalue weighted by Gasteiger charge is -2.20. The van der Waals surface area contributed by atoms with Gasteiger partial charge >= 0.3 is 0 Å². The number of methoxy groups -OCH3 is 1. The van der Waals surface area contributed by atoms with Crippen LogP contribution in [0.25, 0.3) is 16.9 Å². The van der Waals surface area contributed by atoms with Gasteiger partial charge in [0.1, 0.15) is 5.75 Å². The molecule has 2 aromatic heterocycles. The smallest absolute Gasteiger partial charge is 0.119 e. The Labute approximate surface area is 177 Å². The predicted octanol–water partition coefficient (Wildman–Crippen LogP) is 4.27. The molecule has 30 heavy (non-hydrogen) atoms. The maximum atomic E-state index is 5.44. The number of hydrogen-bond acceptors (Lipinski definition) is 4. The minimum atomic E-state index is 0.817. The Morgan fingerprint density at radius 2 is 1.90 bits per heavy atom. The number of rotatable bonds is 9. The molecular weight excluding hydrogens is 374 g/mol. The van der Waals surface area contributed by atoms with Crippen molar-refractivity contribution in [3.8, 4) is 22.7 Å². The van der Waals surface area contributed by atoms with Crippen molar-refractivity contribution in [2.75, 3.05) is 20.2 Å². The molecule has 2 heterocycles. The van der Waals surface area contributed by atoms with Gasteiger partial charge in [-0.3, -0.25) is 9.58 Å². The fourth-order valence-electron chi connectivity index (χ4n) is 3.52. The highest BCUT2D eigenvalue weighted by atomic mass is 16.5. The molecule has 0 unspecified atom stereocenters. The van der Waals surface area contributed by atoms with Gasteiger partial charge in [-0.25, -0.2) is 4.68 Å². The molecule has 0 N–H and O–H groups in total. The number of para-hydroxylation sites is 1. The van der Waals surface area contributed by atoms with Gasteiger partial charge < -0.3 is 4.74 Å². The number of ether oxygens (including phenoxy) is 1. The summed E-state index contributed by atoms with van der Waals surface area (Å²) >= 11 is 0. The summed E-state index contributed by atoms with van der Waals surface area (Å²) in [6.45, 7) is 5.75. The van der Waals surface area contributed by atoms with E-state index in [4.69, 9.17) is 9.84 Å². The molecule has 0 aliphatic rings. The summed E-state index contributed by atoms with van der Waals surface area (Å²) < 4.78 is 9.37. The van der Waals surface area contributed by atoms with Crippen LogP contribution in [0.5, 0.6) is 5.75 Å². The van der Waals surface area contributed by atoms with Gasteiger partial charge in [0.25, 0.3) is 0 Å². The third kappa shape index (κ3) is 4.60. The minimum absolute atomic E-state index is 0.817. The van der Waals surface area contributed by atoms with Crippen molar-refractivity contribution < 1.29 is 4.74 Å². The van der Waals surface area contributed by atoms with Crippen molar-refractivity contribution in [2.24, 2.45) is 0 Å². The molecule has 4 aromatic rings. The van der Waals surface area contributed by atoms with E-state index in [0.29, 0.717) is 0 Å². The van der Waals surface area contributed by atoms with Crippen LogP contribution in [0.4, 0.5) is 0 Å². The Bertz CT molecular complexity index is 1060. The van der Waals surface area contributed by atoms with Crippen LogP contribution in [0.1, 0.15) is 12.5 Å². The number of nitrogens with zero attached hydrogens (tertiary/aromatic N) is 5. The van der Waals surface area contributed by atoms with Gasteiger partial charge in [-0.15, -0.1) is 0 Å². The second-order valence-corrected chi connectivity index (χ2v) is 7.15. The fraction of sp³-hybridized carbons (Fsp3) is 0.250. The van der Waals surface area contributed by atoms with Crippen LogP contribution in [0.2, 0.25) is 0 Å². The van der Waals surface area contributed by atoms with E-state index in [9.17, 15) is 0 Å². The van der Waals surface area contributed by atoms with E-state index in [1.807, 2.05) is 64.2 Å². The van der Waals surface area contributed by atoms with Gasteiger partial charge in [0.2, 0.25) is 0 Å². The highest BCUT2D eigenvalue weighted by molar-refractivity contribution is 5.65. The summed E-state index contributed by atoms with van der Waals surface area (Å²) in [5.41, 5.74) is 4.28. The number of benzene rings is 2. The molecule has 0 saturated carbocycles. The second-order valence-electron chi connectivity index (χ2n) is 7.15. The molecule has 0 saturated heterocycles. The maximum absolute atomic E-state index is 5.44. The van der Waals surface area contributed by atoms with Gasteiger partial charge in [-0.05, 0) is 36.9 Å². The summed E-state index contributed by atoms with van der Waals surface area (Å²) in [6, 6.07) is 20.3. The van der Waals surface area contributed by atoms with Crippen LogP contribution in [0.3, 0.4) is 0 Å². The van der Waals surface area contributed by atoms with Gasteiger partial charge in [0, 0.05) is 42.8 Å². The molecule has 0 radical (unpaired) electrons. The summed E-state index contributed by atoms with van der Waals surface area (Å²) in [7, 11) is 1.69. The van der Waals surface area contributed by atoms with Crippen molar-refractivity contribution in [3.63, 3.8) is 0 Å². The molecule has 0 atom stereocenters. The van der Waals surface area contributed by atoms with Crippen molar-refractivity contribution >= 4 is 0 Å². The highest BCUT2D eigenvalue weighted by Gasteiger charge is 2.16. The van der Waals surface area contributed by atoms with E-state index in [2.05, 4.69) is 41.3 Å². The minimum Gasteiger partial charge on any atom is -0.497 e. The van der Waals surface area contributed by atoms with E-state index in [1.165, 1.54) is 5.56 Å². The van der Waals surface area contributed by atoms with Gasteiger partial charge in [-0.2, -0.15) is 10.2 Å². The van der Waals surface area contributed by atoms with E-state index in [-0.39, 0.29) is 0 Å². The standard InChI is InChI=1S/C24H27N5O/c1-3-27(15-16-28-14-8-13-25-28)18-21-19-29(22-10-5-4-6-11-22)26-24(21)20-9-7-12-23(17-20)30-2/h4-14,17,19H,3,15-16,18H2,1-2H3. The Hall–Kier alpha value is -3.38. The van der Waals surface area contributed by atoms with Crippen LogP contribution in [0, 0.1) is 0 Å². The molecule has 4 rings (SSSR count). The first-order chi connectivity index (χ1) is 14.8. The largest absolute Gasteiger partial charge is 0.497 e. The van der Waals surface area contributed by atoms with Crippen LogP contribution < -0.4 is 4.74 Å². The highest BCUT2D eigenvalue weighted by Crippen LogP contribution is 2.27. The zero-order chi connectivity index (χ0) is 20.8. The Kier molecular flexibility index (Phi) is 6.25. The average molecular weight is 402 g/mol. The Balaban J connectivity index is 1.64. The SMILES string of the molecule is CCN(CCn1cccn1)Cc1cn(-c2ccccc2)nc1-c1cccc(OC)c1. The summed E-state index contributed by atoms with van der Waals surface area (Å²) in [5.74, 6) is 0.832. The topological polar surface area (TPSA) is 48.1 Å². The summed E-state index contributed by atoms with van der Waals surface area (Å²) in [6.07, 6.45) is 5.96. The molecule has 0 amide bonds. The molecule has 2 aromatic carbocycles. The van der Waals surface area contributed by atoms with Crippen LogP contribution in [0.15, 0.2) is 79.3 Å². The molecule has 0 fully saturated rings. The van der Waals surface area contributed by atoms with E-state index in [1.54, 1.807) is 7.11 Å². The van der Waals surface area contributed by atoms with Crippen molar-refractivity contribution in [3.05, 3.63) is 84.8 Å². The molecule has 0 aliphatic carbocycles. The number of likely N-dealkylation sites (N-methyl/N-ethyl adjacent to an activating group) is 1. The second kappa shape index (κ2) is 9.41. The van der Waals surface area contributed by atoms with Crippen LogP contribution >= 0.6 is 0 Å². The van der Waals surface area contributed by atoms with Gasteiger partial charge in [-0.1, -0.05) is 37.3 Å². The van der Waals surface area contributed by atoms with Crippen molar-refractivity contribution in [1.29, 1.82) is 0 Å². The van der Waals surface area contributed by atoms with E-state index in [0.717, 1.165) is 48.9 Å². The summed E-state index contributed by atoms with van der Waals surface area (Å²) in [4.78, 5) is 2.41. The predicted molar refractivity (Wildman–Crippen MR) is 119 cm³/mol. The maximum Gasteiger partial charge on any atom is 0.119 e. The molecule has 6 heteroatoms. The molecule has 0 spiro atoms.